The molecule has 4 nitrogen and oxygen atoms in total. The molecule has 0 aliphatic carbocycles. The summed E-state index contributed by atoms with van der Waals surface area (Å²) in [6, 6.07) is 19.8. The van der Waals surface area contributed by atoms with Crippen LogP contribution < -0.4 is 10.1 Å². The van der Waals surface area contributed by atoms with Crippen LogP contribution in [0.5, 0.6) is 5.75 Å². The maximum atomic E-state index is 11.9. The Balaban J connectivity index is 1.62. The Bertz CT molecular complexity index is 889. The highest BCUT2D eigenvalue weighted by atomic mass is 16.5. The predicted octanol–water partition coefficient (Wildman–Crippen LogP) is 4.43. The molecule has 0 fully saturated rings. The summed E-state index contributed by atoms with van der Waals surface area (Å²) in [5, 5.41) is 5.62. The molecule has 0 aliphatic heterocycles. The number of nitrogens with one attached hydrogen (secondary N) is 1. The molecule has 0 atom stereocenters. The minimum Gasteiger partial charge on any atom is -0.492 e. The van der Waals surface area contributed by atoms with Gasteiger partial charge in [-0.25, -0.2) is 4.79 Å². The van der Waals surface area contributed by atoms with Crippen molar-refractivity contribution >= 4 is 22.4 Å². The lowest BCUT2D eigenvalue weighted by Gasteiger charge is -2.14. The van der Waals surface area contributed by atoms with Crippen LogP contribution in [0.3, 0.4) is 0 Å². The minimum absolute atomic E-state index is 0.346. The van der Waals surface area contributed by atoms with Gasteiger partial charge in [-0.05, 0) is 41.5 Å². The van der Waals surface area contributed by atoms with Gasteiger partial charge in [0.05, 0.1) is 18.4 Å². The van der Waals surface area contributed by atoms with E-state index in [1.165, 1.54) is 12.5 Å². The van der Waals surface area contributed by atoms with Crippen LogP contribution in [0.2, 0.25) is 0 Å². The third kappa shape index (κ3) is 3.91. The van der Waals surface area contributed by atoms with Crippen molar-refractivity contribution in [1.82, 2.24) is 0 Å². The number of benzene rings is 3. The van der Waals surface area contributed by atoms with Gasteiger partial charge in [0, 0.05) is 6.54 Å². The summed E-state index contributed by atoms with van der Waals surface area (Å²) >= 11 is 0. The number of carbonyl (C=O) groups excluding carboxylic acids is 1. The second-order valence-electron chi connectivity index (χ2n) is 5.77. The molecule has 0 unspecified atom stereocenters. The fourth-order valence-corrected chi connectivity index (χ4v) is 2.78. The number of hydrogen-bond donors (Lipinski definition) is 1. The van der Waals surface area contributed by atoms with Crippen LogP contribution in [0.4, 0.5) is 5.69 Å². The number of methoxy groups -OCH3 is 1. The van der Waals surface area contributed by atoms with Gasteiger partial charge in [0.15, 0.2) is 0 Å². The topological polar surface area (TPSA) is 47.6 Å². The number of anilines is 1. The molecule has 25 heavy (non-hydrogen) atoms. The molecule has 0 amide bonds. The summed E-state index contributed by atoms with van der Waals surface area (Å²) in [6.45, 7) is 3.04. The number of para-hydroxylation sites is 1. The van der Waals surface area contributed by atoms with Crippen molar-refractivity contribution in [2.75, 3.05) is 25.6 Å². The lowest BCUT2D eigenvalue weighted by Crippen LogP contribution is -2.15. The van der Waals surface area contributed by atoms with Gasteiger partial charge >= 0.3 is 5.97 Å². The van der Waals surface area contributed by atoms with Crippen LogP contribution in [-0.2, 0) is 4.74 Å². The Morgan fingerprint density at radius 3 is 2.60 bits per heavy atom. The third-order valence-corrected chi connectivity index (χ3v) is 4.07. The van der Waals surface area contributed by atoms with Crippen LogP contribution in [0.15, 0.2) is 60.7 Å². The van der Waals surface area contributed by atoms with Crippen molar-refractivity contribution in [2.24, 2.45) is 0 Å². The molecule has 0 heterocycles. The van der Waals surface area contributed by atoms with E-state index in [9.17, 15) is 4.79 Å². The molecule has 0 saturated heterocycles. The van der Waals surface area contributed by atoms with Crippen LogP contribution in [0, 0.1) is 6.92 Å². The lowest BCUT2D eigenvalue weighted by molar-refractivity contribution is 0.0601. The van der Waals surface area contributed by atoms with Gasteiger partial charge in [0.25, 0.3) is 0 Å². The standard InChI is InChI=1S/C21H21NO3/c1-15-6-5-9-19(21(23)24-2)20(15)22-12-13-25-18-11-10-16-7-3-4-8-17(16)14-18/h3-11,14,22H,12-13H2,1-2H3. The van der Waals surface area contributed by atoms with E-state index >= 15 is 0 Å². The SMILES string of the molecule is COC(=O)c1cccc(C)c1NCCOc1ccc2ccccc2c1. The van der Waals surface area contributed by atoms with Crippen LogP contribution >= 0.6 is 0 Å². The molecular weight excluding hydrogens is 314 g/mol. The third-order valence-electron chi connectivity index (χ3n) is 4.07. The zero-order chi connectivity index (χ0) is 17.6. The second kappa shape index (κ2) is 7.71. The van der Waals surface area contributed by atoms with Crippen LogP contribution in [0.25, 0.3) is 10.8 Å². The zero-order valence-corrected chi connectivity index (χ0v) is 14.4. The average Bonchev–Trinajstić information content (AvgIpc) is 2.65. The van der Waals surface area contributed by atoms with E-state index in [1.54, 1.807) is 6.07 Å². The van der Waals surface area contributed by atoms with Crippen molar-refractivity contribution in [3.8, 4) is 5.75 Å². The minimum atomic E-state index is -0.346. The van der Waals surface area contributed by atoms with Crippen molar-refractivity contribution in [1.29, 1.82) is 0 Å². The molecule has 0 aliphatic rings. The summed E-state index contributed by atoms with van der Waals surface area (Å²) in [4.78, 5) is 11.9. The van der Waals surface area contributed by atoms with Gasteiger partial charge in [-0.15, -0.1) is 0 Å². The molecule has 4 heteroatoms. The fourth-order valence-electron chi connectivity index (χ4n) is 2.78. The molecule has 3 aromatic carbocycles. The monoisotopic (exact) mass is 335 g/mol. The van der Waals surface area contributed by atoms with Crippen LogP contribution in [-0.4, -0.2) is 26.2 Å². The lowest BCUT2D eigenvalue weighted by atomic mass is 10.1. The summed E-state index contributed by atoms with van der Waals surface area (Å²) in [5.41, 5.74) is 2.32. The number of fused-ring (bicyclic) bond motifs is 1. The van der Waals surface area contributed by atoms with Gasteiger partial charge in [0.1, 0.15) is 12.4 Å². The van der Waals surface area contributed by atoms with Gasteiger partial charge in [0.2, 0.25) is 0 Å². The van der Waals surface area contributed by atoms with Crippen molar-refractivity contribution in [3.05, 3.63) is 71.8 Å². The van der Waals surface area contributed by atoms with Gasteiger partial charge in [-0.3, -0.25) is 0 Å². The summed E-state index contributed by atoms with van der Waals surface area (Å²) < 4.78 is 10.7. The van der Waals surface area contributed by atoms with Crippen molar-refractivity contribution < 1.29 is 14.3 Å². The Morgan fingerprint density at radius 1 is 1.00 bits per heavy atom. The van der Waals surface area contributed by atoms with E-state index in [0.29, 0.717) is 18.7 Å². The number of aryl methyl sites for hydroxylation is 1. The first-order chi connectivity index (χ1) is 12.2. The fraction of sp³-hybridized carbons (Fsp3) is 0.190. The van der Waals surface area contributed by atoms with E-state index in [0.717, 1.165) is 22.4 Å². The highest BCUT2D eigenvalue weighted by Gasteiger charge is 2.13. The molecular formula is C21H21NO3. The Hall–Kier alpha value is -3.01. The van der Waals surface area contributed by atoms with E-state index in [4.69, 9.17) is 9.47 Å². The molecule has 0 bridgehead atoms. The Kier molecular flexibility index (Phi) is 5.19. The molecule has 0 spiro atoms. The number of carbonyl (C=O) groups is 1. The van der Waals surface area contributed by atoms with Gasteiger partial charge in [-0.2, -0.15) is 0 Å². The van der Waals surface area contributed by atoms with E-state index in [-0.39, 0.29) is 5.97 Å². The maximum Gasteiger partial charge on any atom is 0.339 e. The van der Waals surface area contributed by atoms with E-state index in [1.807, 2.05) is 43.3 Å². The summed E-state index contributed by atoms with van der Waals surface area (Å²) in [6.07, 6.45) is 0. The Morgan fingerprint density at radius 2 is 1.80 bits per heavy atom. The molecule has 1 N–H and O–H groups in total. The molecule has 3 rings (SSSR count). The number of hydrogen-bond acceptors (Lipinski definition) is 4. The quantitative estimate of drug-likeness (QED) is 0.535. The molecule has 0 aromatic heterocycles. The predicted molar refractivity (Wildman–Crippen MR) is 100 cm³/mol. The second-order valence-corrected chi connectivity index (χ2v) is 5.77. The van der Waals surface area contributed by atoms with E-state index in [2.05, 4.69) is 23.5 Å². The molecule has 128 valence electrons. The number of rotatable bonds is 6. The highest BCUT2D eigenvalue weighted by molar-refractivity contribution is 5.96. The number of ether oxygens (including phenoxy) is 2. The highest BCUT2D eigenvalue weighted by Crippen LogP contribution is 2.22. The van der Waals surface area contributed by atoms with Crippen molar-refractivity contribution in [3.63, 3.8) is 0 Å². The van der Waals surface area contributed by atoms with E-state index < -0.39 is 0 Å². The van der Waals surface area contributed by atoms with Gasteiger partial charge < -0.3 is 14.8 Å². The Labute approximate surface area is 147 Å². The molecule has 0 saturated carbocycles. The first-order valence-electron chi connectivity index (χ1n) is 8.22. The smallest absolute Gasteiger partial charge is 0.339 e. The van der Waals surface area contributed by atoms with Crippen LogP contribution in [0.1, 0.15) is 15.9 Å². The normalized spacial score (nSPS) is 10.5. The number of esters is 1. The first-order valence-corrected chi connectivity index (χ1v) is 8.22. The maximum absolute atomic E-state index is 11.9. The molecule has 0 radical (unpaired) electrons. The average molecular weight is 335 g/mol. The first kappa shape index (κ1) is 16.8. The van der Waals surface area contributed by atoms with Gasteiger partial charge in [-0.1, -0.05) is 42.5 Å². The largest absolute Gasteiger partial charge is 0.492 e. The zero-order valence-electron chi connectivity index (χ0n) is 14.4. The molecule has 3 aromatic rings. The summed E-state index contributed by atoms with van der Waals surface area (Å²) in [7, 11) is 1.39. The van der Waals surface area contributed by atoms with Crippen molar-refractivity contribution in [2.45, 2.75) is 6.92 Å². The summed E-state index contributed by atoms with van der Waals surface area (Å²) in [5.74, 6) is 0.486.